The van der Waals surface area contributed by atoms with E-state index in [-0.39, 0.29) is 13.2 Å². The van der Waals surface area contributed by atoms with E-state index in [1.54, 1.807) is 0 Å². The Hall–Kier alpha value is -1.37. The second kappa shape index (κ2) is 6.14. The predicted octanol–water partition coefficient (Wildman–Crippen LogP) is -0.0152. The highest BCUT2D eigenvalue weighted by atomic mass is 16.5. The molecule has 14 heavy (non-hydrogen) atoms. The SMILES string of the molecule is C#CCOC[C@H](O)C[n+]1ccccc1. The second-order valence-corrected chi connectivity index (χ2v) is 2.95. The lowest BCUT2D eigenvalue weighted by molar-refractivity contribution is -0.703. The number of terminal acetylenes is 1. The average Bonchev–Trinajstić information content (AvgIpc) is 2.20. The van der Waals surface area contributed by atoms with Crippen molar-refractivity contribution in [2.24, 2.45) is 0 Å². The highest BCUT2D eigenvalue weighted by Gasteiger charge is 2.09. The fraction of sp³-hybridized carbons (Fsp3) is 0.364. The zero-order chi connectivity index (χ0) is 10.2. The Balaban J connectivity index is 2.28. The molecule has 1 aromatic heterocycles. The maximum Gasteiger partial charge on any atom is 0.176 e. The molecule has 1 heterocycles. The van der Waals surface area contributed by atoms with Crippen LogP contribution in [-0.4, -0.2) is 24.4 Å². The molecule has 0 spiro atoms. The van der Waals surface area contributed by atoms with Crippen LogP contribution in [0, 0.1) is 12.3 Å². The van der Waals surface area contributed by atoms with Gasteiger partial charge in [0.25, 0.3) is 0 Å². The number of rotatable bonds is 5. The summed E-state index contributed by atoms with van der Waals surface area (Å²) in [6.45, 7) is 1.04. The Morgan fingerprint density at radius 3 is 2.71 bits per heavy atom. The van der Waals surface area contributed by atoms with E-state index in [9.17, 15) is 5.11 Å². The number of ether oxygens (including phenoxy) is 1. The number of hydrogen-bond acceptors (Lipinski definition) is 2. The van der Waals surface area contributed by atoms with Crippen molar-refractivity contribution in [3.05, 3.63) is 30.6 Å². The molecule has 0 saturated heterocycles. The van der Waals surface area contributed by atoms with E-state index in [1.807, 2.05) is 35.2 Å². The van der Waals surface area contributed by atoms with Gasteiger partial charge in [0, 0.05) is 12.1 Å². The molecular formula is C11H14NO2+. The van der Waals surface area contributed by atoms with Gasteiger partial charge in [0.15, 0.2) is 18.9 Å². The van der Waals surface area contributed by atoms with E-state index in [0.29, 0.717) is 6.54 Å². The summed E-state index contributed by atoms with van der Waals surface area (Å²) in [4.78, 5) is 0. The van der Waals surface area contributed by atoms with Crippen LogP contribution in [0.4, 0.5) is 0 Å². The molecule has 0 aromatic carbocycles. The van der Waals surface area contributed by atoms with Crippen molar-refractivity contribution in [1.29, 1.82) is 0 Å². The van der Waals surface area contributed by atoms with Crippen LogP contribution in [0.5, 0.6) is 0 Å². The van der Waals surface area contributed by atoms with Crippen molar-refractivity contribution >= 4 is 0 Å². The van der Waals surface area contributed by atoms with E-state index in [1.165, 1.54) is 0 Å². The molecule has 1 atom stereocenters. The van der Waals surface area contributed by atoms with Crippen LogP contribution in [0.25, 0.3) is 0 Å². The Morgan fingerprint density at radius 2 is 2.07 bits per heavy atom. The first-order chi connectivity index (χ1) is 6.83. The molecule has 0 aliphatic carbocycles. The number of aliphatic hydroxyl groups excluding tert-OH is 1. The highest BCUT2D eigenvalue weighted by Crippen LogP contribution is 1.86. The van der Waals surface area contributed by atoms with Crippen LogP contribution in [0.15, 0.2) is 30.6 Å². The molecule has 1 N–H and O–H groups in total. The van der Waals surface area contributed by atoms with Gasteiger partial charge in [0.2, 0.25) is 0 Å². The molecule has 3 nitrogen and oxygen atoms in total. The van der Waals surface area contributed by atoms with Crippen LogP contribution in [0.1, 0.15) is 0 Å². The molecular weight excluding hydrogens is 178 g/mol. The third-order valence-electron chi connectivity index (χ3n) is 1.69. The van der Waals surface area contributed by atoms with Crippen LogP contribution in [0.3, 0.4) is 0 Å². The summed E-state index contributed by atoms with van der Waals surface area (Å²) < 4.78 is 6.91. The molecule has 0 saturated carbocycles. The van der Waals surface area contributed by atoms with Gasteiger partial charge in [-0.3, -0.25) is 0 Å². The summed E-state index contributed by atoms with van der Waals surface area (Å²) in [6.07, 6.45) is 8.27. The van der Waals surface area contributed by atoms with E-state index < -0.39 is 6.10 Å². The summed E-state index contributed by atoms with van der Waals surface area (Å²) in [5.74, 6) is 2.35. The number of aliphatic hydroxyl groups is 1. The van der Waals surface area contributed by atoms with Crippen LogP contribution in [-0.2, 0) is 11.3 Å². The number of hydrogen-bond donors (Lipinski definition) is 1. The molecule has 3 heteroatoms. The molecule has 1 rings (SSSR count). The van der Waals surface area contributed by atoms with Crippen molar-refractivity contribution < 1.29 is 14.4 Å². The van der Waals surface area contributed by atoms with E-state index in [2.05, 4.69) is 5.92 Å². The Labute approximate surface area is 84.0 Å². The standard InChI is InChI=1S/C11H14NO2/c1-2-8-14-10-11(13)9-12-6-4-3-5-7-12/h1,3-7,11,13H,8-10H2/q+1/t11-/m1/s1. The molecule has 0 unspecified atom stereocenters. The van der Waals surface area contributed by atoms with Crippen molar-refractivity contribution in [3.8, 4) is 12.3 Å². The fourth-order valence-corrected chi connectivity index (χ4v) is 1.11. The average molecular weight is 192 g/mol. The maximum atomic E-state index is 9.51. The monoisotopic (exact) mass is 192 g/mol. The van der Waals surface area contributed by atoms with Gasteiger partial charge in [0.05, 0.1) is 6.61 Å². The molecule has 1 aromatic rings. The summed E-state index contributed by atoms with van der Waals surface area (Å²) in [5, 5.41) is 9.51. The number of pyridine rings is 1. The second-order valence-electron chi connectivity index (χ2n) is 2.95. The molecule has 0 bridgehead atoms. The summed E-state index contributed by atoms with van der Waals surface area (Å²) in [6, 6.07) is 5.75. The molecule has 0 aliphatic rings. The molecule has 0 fully saturated rings. The summed E-state index contributed by atoms with van der Waals surface area (Å²) in [5.41, 5.74) is 0. The van der Waals surface area contributed by atoms with Crippen LogP contribution >= 0.6 is 0 Å². The van der Waals surface area contributed by atoms with Crippen molar-refractivity contribution in [1.82, 2.24) is 0 Å². The third kappa shape index (κ3) is 4.04. The topological polar surface area (TPSA) is 33.3 Å². The molecule has 0 amide bonds. The first-order valence-corrected chi connectivity index (χ1v) is 4.46. The van der Waals surface area contributed by atoms with Crippen molar-refractivity contribution in [3.63, 3.8) is 0 Å². The lowest BCUT2D eigenvalue weighted by Gasteiger charge is -2.05. The van der Waals surface area contributed by atoms with Crippen LogP contribution < -0.4 is 4.57 Å². The minimum atomic E-state index is -0.518. The minimum Gasteiger partial charge on any atom is -0.384 e. The summed E-state index contributed by atoms with van der Waals surface area (Å²) >= 11 is 0. The van der Waals surface area contributed by atoms with Gasteiger partial charge in [-0.05, 0) is 0 Å². The highest BCUT2D eigenvalue weighted by molar-refractivity contribution is 4.84. The number of nitrogens with zero attached hydrogens (tertiary/aromatic N) is 1. The summed E-state index contributed by atoms with van der Waals surface area (Å²) in [7, 11) is 0. The van der Waals surface area contributed by atoms with E-state index >= 15 is 0 Å². The van der Waals surface area contributed by atoms with Crippen molar-refractivity contribution in [2.75, 3.05) is 13.2 Å². The normalized spacial score (nSPS) is 12.0. The van der Waals surface area contributed by atoms with Gasteiger partial charge in [-0.25, -0.2) is 4.57 Å². The maximum absolute atomic E-state index is 9.51. The van der Waals surface area contributed by atoms with Gasteiger partial charge in [-0.2, -0.15) is 0 Å². The van der Waals surface area contributed by atoms with Gasteiger partial charge >= 0.3 is 0 Å². The fourth-order valence-electron chi connectivity index (χ4n) is 1.11. The third-order valence-corrected chi connectivity index (χ3v) is 1.69. The number of aromatic nitrogens is 1. The first kappa shape index (κ1) is 10.7. The van der Waals surface area contributed by atoms with Crippen LogP contribution in [0.2, 0.25) is 0 Å². The first-order valence-electron chi connectivity index (χ1n) is 4.46. The van der Waals surface area contributed by atoms with Gasteiger partial charge < -0.3 is 9.84 Å². The zero-order valence-electron chi connectivity index (χ0n) is 7.97. The Bertz CT molecular complexity index is 292. The van der Waals surface area contributed by atoms with Gasteiger partial charge in [-0.1, -0.05) is 12.0 Å². The van der Waals surface area contributed by atoms with E-state index in [0.717, 1.165) is 0 Å². The van der Waals surface area contributed by atoms with E-state index in [4.69, 9.17) is 11.2 Å². The molecule has 74 valence electrons. The van der Waals surface area contributed by atoms with Gasteiger partial charge in [-0.15, -0.1) is 6.42 Å². The minimum absolute atomic E-state index is 0.247. The molecule has 0 radical (unpaired) electrons. The largest absolute Gasteiger partial charge is 0.384 e. The van der Waals surface area contributed by atoms with Crippen molar-refractivity contribution in [2.45, 2.75) is 12.6 Å². The lowest BCUT2D eigenvalue weighted by Crippen LogP contribution is -2.40. The predicted molar refractivity (Wildman–Crippen MR) is 52.3 cm³/mol. The quantitative estimate of drug-likeness (QED) is 0.404. The lowest BCUT2D eigenvalue weighted by atomic mass is 10.3. The zero-order valence-corrected chi connectivity index (χ0v) is 7.97. The van der Waals surface area contributed by atoms with Gasteiger partial charge in [0.1, 0.15) is 12.7 Å². The Morgan fingerprint density at radius 1 is 1.36 bits per heavy atom. The Kier molecular flexibility index (Phi) is 4.70. The smallest absolute Gasteiger partial charge is 0.176 e. The molecule has 0 aliphatic heterocycles.